The monoisotopic (exact) mass is 883 g/mol. The molecular formula is C50H65N3O11. The summed E-state index contributed by atoms with van der Waals surface area (Å²) in [5, 5.41) is 15.7. The second kappa shape index (κ2) is 27.6. The Morgan fingerprint density at radius 2 is 1.22 bits per heavy atom. The molecule has 4 rings (SSSR count). The number of carbonyl (C=O) groups is 4. The quantitative estimate of drug-likeness (QED) is 0.0153. The lowest BCUT2D eigenvalue weighted by atomic mass is 9.96. The van der Waals surface area contributed by atoms with Gasteiger partial charge in [-0.1, -0.05) is 137 Å². The largest absolute Gasteiger partial charge is 0.462 e. The fraction of sp³-hybridized carbons (Fsp3) is 0.520. The van der Waals surface area contributed by atoms with E-state index in [1.54, 1.807) is 93.6 Å². The van der Waals surface area contributed by atoms with Gasteiger partial charge in [0.2, 0.25) is 0 Å². The van der Waals surface area contributed by atoms with Crippen molar-refractivity contribution in [2.75, 3.05) is 13.2 Å². The van der Waals surface area contributed by atoms with Gasteiger partial charge in [0.25, 0.3) is 0 Å². The Kier molecular flexibility index (Phi) is 22.0. The van der Waals surface area contributed by atoms with Crippen LogP contribution in [0.25, 0.3) is 10.4 Å². The van der Waals surface area contributed by atoms with Crippen LogP contribution in [-0.4, -0.2) is 85.0 Å². The molecule has 1 aliphatic rings. The van der Waals surface area contributed by atoms with Gasteiger partial charge in [0, 0.05) is 4.91 Å². The van der Waals surface area contributed by atoms with E-state index >= 15 is 0 Å². The number of ether oxygens (including phenoxy) is 6. The SMILES string of the molecule is CCCCCCCCCCCCC/C=C/[C@@H](OC(=O)c1ccccc1)[C@H](CO[C@@H]1O[C@H](COC(=O)C(C)(C)C)[C@H](O)[C@H](OC(=O)c2ccccc2)[C@H]1OC(=O)c1ccccc1)N=[N+]=[N-]. The summed E-state index contributed by atoms with van der Waals surface area (Å²) in [7, 11) is 0. The highest BCUT2D eigenvalue weighted by molar-refractivity contribution is 5.91. The normalized spacial score (nSPS) is 19.5. The second-order valence-corrected chi connectivity index (χ2v) is 16.9. The van der Waals surface area contributed by atoms with Crippen molar-refractivity contribution >= 4 is 23.9 Å². The second-order valence-electron chi connectivity index (χ2n) is 16.9. The highest BCUT2D eigenvalue weighted by Crippen LogP contribution is 2.30. The fourth-order valence-corrected chi connectivity index (χ4v) is 6.95. The summed E-state index contributed by atoms with van der Waals surface area (Å²) in [6, 6.07) is 23.2. The molecule has 1 fully saturated rings. The van der Waals surface area contributed by atoms with Crippen molar-refractivity contribution in [3.05, 3.63) is 130 Å². The van der Waals surface area contributed by atoms with Crippen LogP contribution in [0.3, 0.4) is 0 Å². The number of carbonyl (C=O) groups excluding carboxylic acids is 4. The van der Waals surface area contributed by atoms with Crippen LogP contribution in [0.15, 0.2) is 108 Å². The minimum Gasteiger partial charge on any atom is -0.462 e. The molecule has 0 radical (unpaired) electrons. The number of nitrogens with zero attached hydrogens (tertiary/aromatic N) is 3. The van der Waals surface area contributed by atoms with E-state index in [2.05, 4.69) is 16.9 Å². The predicted molar refractivity (Wildman–Crippen MR) is 241 cm³/mol. The molecule has 0 amide bonds. The number of rotatable bonds is 26. The van der Waals surface area contributed by atoms with Gasteiger partial charge in [0.05, 0.1) is 28.7 Å². The summed E-state index contributed by atoms with van der Waals surface area (Å²) in [5.74, 6) is -2.95. The van der Waals surface area contributed by atoms with Gasteiger partial charge in [-0.25, -0.2) is 14.4 Å². The topological polar surface area (TPSA) is 193 Å². The zero-order chi connectivity index (χ0) is 46.2. The number of aliphatic hydroxyl groups is 1. The molecule has 0 saturated carbocycles. The number of allylic oxidation sites excluding steroid dienone is 1. The van der Waals surface area contributed by atoms with Gasteiger partial charge in [-0.05, 0) is 81.6 Å². The molecule has 1 heterocycles. The summed E-state index contributed by atoms with van der Waals surface area (Å²) in [6.45, 7) is 6.24. The Labute approximate surface area is 377 Å². The first kappa shape index (κ1) is 51.1. The molecule has 1 saturated heterocycles. The Balaban J connectivity index is 1.58. The maximum atomic E-state index is 13.6. The van der Waals surface area contributed by atoms with Crippen molar-refractivity contribution < 1.29 is 52.7 Å². The van der Waals surface area contributed by atoms with E-state index in [-0.39, 0.29) is 16.7 Å². The van der Waals surface area contributed by atoms with Crippen LogP contribution in [0.4, 0.5) is 0 Å². The van der Waals surface area contributed by atoms with Gasteiger partial charge in [0.15, 0.2) is 18.5 Å². The molecule has 3 aromatic rings. The highest BCUT2D eigenvalue weighted by Gasteiger charge is 2.51. The maximum Gasteiger partial charge on any atom is 0.338 e. The molecule has 64 heavy (non-hydrogen) atoms. The summed E-state index contributed by atoms with van der Waals surface area (Å²) >= 11 is 0. The minimum atomic E-state index is -1.69. The lowest BCUT2D eigenvalue weighted by Crippen LogP contribution is -2.62. The van der Waals surface area contributed by atoms with Gasteiger partial charge in [0.1, 0.15) is 31.0 Å². The number of unbranched alkanes of at least 4 members (excludes halogenated alkanes) is 11. The number of aliphatic hydroxyl groups excluding tert-OH is 1. The number of esters is 4. The molecule has 1 N–H and O–H groups in total. The molecule has 0 spiro atoms. The van der Waals surface area contributed by atoms with E-state index in [1.165, 1.54) is 75.6 Å². The average Bonchev–Trinajstić information content (AvgIpc) is 3.30. The van der Waals surface area contributed by atoms with Gasteiger partial charge < -0.3 is 33.5 Å². The fourth-order valence-electron chi connectivity index (χ4n) is 6.95. The molecule has 0 bridgehead atoms. The molecule has 1 aliphatic heterocycles. The van der Waals surface area contributed by atoms with Crippen LogP contribution in [0, 0.1) is 5.41 Å². The molecule has 7 atom stereocenters. The molecular weight excluding hydrogens is 819 g/mol. The molecule has 14 nitrogen and oxygen atoms in total. The molecule has 0 unspecified atom stereocenters. The zero-order valence-corrected chi connectivity index (χ0v) is 37.6. The van der Waals surface area contributed by atoms with Crippen LogP contribution >= 0.6 is 0 Å². The minimum absolute atomic E-state index is 0.146. The van der Waals surface area contributed by atoms with E-state index in [0.29, 0.717) is 6.42 Å². The zero-order valence-electron chi connectivity index (χ0n) is 37.6. The number of azide groups is 1. The van der Waals surface area contributed by atoms with Gasteiger partial charge in [-0.3, -0.25) is 4.79 Å². The molecule has 14 heteroatoms. The summed E-state index contributed by atoms with van der Waals surface area (Å²) in [5.41, 5.74) is 9.43. The van der Waals surface area contributed by atoms with Gasteiger partial charge in [-0.15, -0.1) is 0 Å². The number of hydrogen-bond donors (Lipinski definition) is 1. The van der Waals surface area contributed by atoms with Crippen LogP contribution < -0.4 is 0 Å². The average molecular weight is 884 g/mol. The van der Waals surface area contributed by atoms with E-state index in [0.717, 1.165) is 19.3 Å². The van der Waals surface area contributed by atoms with Crippen molar-refractivity contribution in [3.8, 4) is 0 Å². The number of hydrogen-bond acceptors (Lipinski definition) is 12. The first-order chi connectivity index (χ1) is 30.9. The van der Waals surface area contributed by atoms with E-state index in [1.807, 2.05) is 6.08 Å². The maximum absolute atomic E-state index is 13.6. The van der Waals surface area contributed by atoms with Gasteiger partial charge in [-0.2, -0.15) is 0 Å². The van der Waals surface area contributed by atoms with Crippen molar-refractivity contribution in [2.24, 2.45) is 10.5 Å². The van der Waals surface area contributed by atoms with Gasteiger partial charge >= 0.3 is 23.9 Å². The Bertz CT molecular complexity index is 1930. The van der Waals surface area contributed by atoms with Crippen molar-refractivity contribution in [1.29, 1.82) is 0 Å². The molecule has 0 aromatic heterocycles. The van der Waals surface area contributed by atoms with Crippen LogP contribution in [0.2, 0.25) is 0 Å². The molecule has 346 valence electrons. The predicted octanol–water partition coefficient (Wildman–Crippen LogP) is 10.3. The Hall–Kier alpha value is -5.53. The lowest BCUT2D eigenvalue weighted by Gasteiger charge is -2.43. The van der Waals surface area contributed by atoms with E-state index in [4.69, 9.17) is 28.4 Å². The lowest BCUT2D eigenvalue weighted by molar-refractivity contribution is -0.301. The first-order valence-corrected chi connectivity index (χ1v) is 22.5. The standard InChI is InChI=1S/C50H65N3O11/c1-5-6-7-8-9-10-11-12-13-14-15-16-26-33-40(61-45(55)36-27-20-17-21-28-36)39(52-53-51)34-59-48-44(64-47(57)38-31-24-19-25-32-38)43(63-46(56)37-29-22-18-23-30-37)42(54)41(62-48)35-60-49(58)50(2,3)4/h17-33,39-44,48,54H,5-16,34-35H2,1-4H3/b33-26+/t39-,40+,41+,42-,43-,44+,48+/m0/s1. The summed E-state index contributed by atoms with van der Waals surface area (Å²) in [4.78, 5) is 56.5. The Morgan fingerprint density at radius 3 is 1.72 bits per heavy atom. The number of benzene rings is 3. The van der Waals surface area contributed by atoms with Crippen molar-refractivity contribution in [1.82, 2.24) is 0 Å². The van der Waals surface area contributed by atoms with Crippen LogP contribution in [0.5, 0.6) is 0 Å². The third kappa shape index (κ3) is 17.2. The van der Waals surface area contributed by atoms with E-state index < -0.39 is 85.4 Å². The highest BCUT2D eigenvalue weighted by atomic mass is 16.7. The third-order valence-electron chi connectivity index (χ3n) is 10.7. The smallest absolute Gasteiger partial charge is 0.338 e. The first-order valence-electron chi connectivity index (χ1n) is 22.5. The van der Waals surface area contributed by atoms with Crippen molar-refractivity contribution in [2.45, 2.75) is 148 Å². The van der Waals surface area contributed by atoms with Crippen LogP contribution in [-0.2, 0) is 33.2 Å². The van der Waals surface area contributed by atoms with Crippen LogP contribution in [0.1, 0.15) is 136 Å². The van der Waals surface area contributed by atoms with Crippen molar-refractivity contribution in [3.63, 3.8) is 0 Å². The Morgan fingerprint density at radius 1 is 0.734 bits per heavy atom. The molecule has 0 aliphatic carbocycles. The summed E-state index contributed by atoms with van der Waals surface area (Å²) < 4.78 is 35.7. The molecule has 3 aromatic carbocycles. The summed E-state index contributed by atoms with van der Waals surface area (Å²) in [6.07, 6.45) is 8.40. The third-order valence-corrected chi connectivity index (χ3v) is 10.7. The van der Waals surface area contributed by atoms with E-state index in [9.17, 15) is 29.8 Å².